The highest BCUT2D eigenvalue weighted by molar-refractivity contribution is 6.34. The van der Waals surface area contributed by atoms with Crippen LogP contribution in [-0.4, -0.2) is 42.1 Å². The topological polar surface area (TPSA) is 42.4 Å². The van der Waals surface area contributed by atoms with Crippen LogP contribution in [0.15, 0.2) is 12.1 Å². The molecule has 98 valence electrons. The second-order valence-corrected chi connectivity index (χ2v) is 4.97. The Labute approximate surface area is 116 Å². The minimum Gasteiger partial charge on any atom is -0.380 e. The number of carbonyl (C=O) groups is 1. The summed E-state index contributed by atoms with van der Waals surface area (Å²) in [6, 6.07) is 3.18. The predicted molar refractivity (Wildman–Crippen MR) is 70.2 cm³/mol. The van der Waals surface area contributed by atoms with Gasteiger partial charge in [-0.3, -0.25) is 4.79 Å². The van der Waals surface area contributed by atoms with Gasteiger partial charge < -0.3 is 9.64 Å². The van der Waals surface area contributed by atoms with E-state index < -0.39 is 0 Å². The number of piperidine rings is 1. The highest BCUT2D eigenvalue weighted by Gasteiger charge is 2.25. The molecule has 1 aromatic rings. The lowest BCUT2D eigenvalue weighted by molar-refractivity contribution is 0.0269. The van der Waals surface area contributed by atoms with Crippen molar-refractivity contribution in [3.63, 3.8) is 0 Å². The van der Waals surface area contributed by atoms with Crippen LogP contribution in [0.2, 0.25) is 10.3 Å². The van der Waals surface area contributed by atoms with Crippen LogP contribution in [0.5, 0.6) is 0 Å². The molecule has 0 N–H and O–H groups in total. The van der Waals surface area contributed by atoms with Gasteiger partial charge in [-0.2, -0.15) is 0 Å². The zero-order valence-electron chi connectivity index (χ0n) is 10.0. The fraction of sp³-hybridized carbons (Fsp3) is 0.500. The lowest BCUT2D eigenvalue weighted by Crippen LogP contribution is -2.43. The summed E-state index contributed by atoms with van der Waals surface area (Å²) in [5.41, 5.74) is 0.387. The normalized spacial score (nSPS) is 19.9. The van der Waals surface area contributed by atoms with Crippen LogP contribution < -0.4 is 0 Å². The third-order valence-corrected chi connectivity index (χ3v) is 3.54. The molecule has 0 bridgehead atoms. The summed E-state index contributed by atoms with van der Waals surface area (Å²) >= 11 is 11.7. The molecular formula is C12H14Cl2N2O2. The van der Waals surface area contributed by atoms with E-state index in [0.717, 1.165) is 19.4 Å². The van der Waals surface area contributed by atoms with Crippen molar-refractivity contribution in [3.05, 3.63) is 28.0 Å². The first-order chi connectivity index (χ1) is 8.61. The second kappa shape index (κ2) is 5.87. The Bertz CT molecular complexity index is 454. The summed E-state index contributed by atoms with van der Waals surface area (Å²) in [6.45, 7) is 1.31. The van der Waals surface area contributed by atoms with Crippen LogP contribution in [0.3, 0.4) is 0 Å². The maximum absolute atomic E-state index is 12.3. The van der Waals surface area contributed by atoms with Gasteiger partial charge in [-0.05, 0) is 25.0 Å². The van der Waals surface area contributed by atoms with Crippen molar-refractivity contribution < 1.29 is 9.53 Å². The molecule has 1 aliphatic heterocycles. The molecule has 2 rings (SSSR count). The minimum atomic E-state index is -0.120. The molecule has 1 atom stereocenters. The summed E-state index contributed by atoms with van der Waals surface area (Å²) in [7, 11) is 1.66. The first-order valence-corrected chi connectivity index (χ1v) is 6.51. The maximum atomic E-state index is 12.3. The summed E-state index contributed by atoms with van der Waals surface area (Å²) in [6.07, 6.45) is 2.01. The van der Waals surface area contributed by atoms with Crippen LogP contribution in [0, 0.1) is 0 Å². The number of likely N-dealkylation sites (tertiary alicyclic amines) is 1. The standard InChI is InChI=1S/C12H14Cl2N2O2/c1-18-8-3-2-6-16(7-8)12(17)9-4-5-10(13)15-11(9)14/h4-5,8H,2-3,6-7H2,1H3. The van der Waals surface area contributed by atoms with Crippen molar-refractivity contribution in [1.29, 1.82) is 0 Å². The first-order valence-electron chi connectivity index (χ1n) is 5.76. The van der Waals surface area contributed by atoms with E-state index in [1.165, 1.54) is 0 Å². The van der Waals surface area contributed by atoms with Crippen LogP contribution in [0.25, 0.3) is 0 Å². The molecule has 2 heterocycles. The molecule has 1 amide bonds. The number of halogens is 2. The number of aromatic nitrogens is 1. The molecule has 0 saturated carbocycles. The van der Waals surface area contributed by atoms with Crippen LogP contribution >= 0.6 is 23.2 Å². The predicted octanol–water partition coefficient (Wildman–Crippen LogP) is 2.64. The van der Waals surface area contributed by atoms with E-state index >= 15 is 0 Å². The summed E-state index contributed by atoms with van der Waals surface area (Å²) in [5, 5.41) is 0.428. The SMILES string of the molecule is COC1CCCN(C(=O)c2ccc(Cl)nc2Cl)C1. The second-order valence-electron chi connectivity index (χ2n) is 4.22. The number of hydrogen-bond acceptors (Lipinski definition) is 3. The zero-order chi connectivity index (χ0) is 13.1. The molecule has 6 heteroatoms. The number of pyridine rings is 1. The van der Waals surface area contributed by atoms with Crippen LogP contribution in [0.4, 0.5) is 0 Å². The Morgan fingerprint density at radius 2 is 2.28 bits per heavy atom. The quantitative estimate of drug-likeness (QED) is 0.786. The Morgan fingerprint density at radius 1 is 1.50 bits per heavy atom. The number of rotatable bonds is 2. The summed E-state index contributed by atoms with van der Waals surface area (Å²) in [5.74, 6) is -0.120. The van der Waals surface area contributed by atoms with Gasteiger partial charge in [0, 0.05) is 20.2 Å². The van der Waals surface area contributed by atoms with Gasteiger partial charge in [0.05, 0.1) is 11.7 Å². The van der Waals surface area contributed by atoms with Gasteiger partial charge in [0.1, 0.15) is 10.3 Å². The van der Waals surface area contributed by atoms with E-state index in [1.807, 2.05) is 0 Å². The largest absolute Gasteiger partial charge is 0.380 e. The van der Waals surface area contributed by atoms with Gasteiger partial charge in [-0.15, -0.1) is 0 Å². The van der Waals surface area contributed by atoms with Gasteiger partial charge >= 0.3 is 0 Å². The summed E-state index contributed by atoms with van der Waals surface area (Å²) < 4.78 is 5.29. The Kier molecular flexibility index (Phi) is 4.43. The van der Waals surface area contributed by atoms with E-state index in [4.69, 9.17) is 27.9 Å². The number of amides is 1. The highest BCUT2D eigenvalue weighted by atomic mass is 35.5. The van der Waals surface area contributed by atoms with E-state index in [2.05, 4.69) is 4.98 Å². The van der Waals surface area contributed by atoms with Crippen molar-refractivity contribution in [3.8, 4) is 0 Å². The fourth-order valence-electron chi connectivity index (χ4n) is 2.06. The van der Waals surface area contributed by atoms with Crippen molar-refractivity contribution >= 4 is 29.1 Å². The van der Waals surface area contributed by atoms with Crippen LogP contribution in [-0.2, 0) is 4.74 Å². The molecule has 18 heavy (non-hydrogen) atoms. The Balaban J connectivity index is 2.15. The molecule has 0 aromatic carbocycles. The molecule has 0 aliphatic carbocycles. The van der Waals surface area contributed by atoms with Gasteiger partial charge in [-0.25, -0.2) is 4.98 Å². The van der Waals surface area contributed by atoms with E-state index in [0.29, 0.717) is 12.1 Å². The van der Waals surface area contributed by atoms with Crippen molar-refractivity contribution in [1.82, 2.24) is 9.88 Å². The van der Waals surface area contributed by atoms with Crippen molar-refractivity contribution in [2.45, 2.75) is 18.9 Å². The molecule has 4 nitrogen and oxygen atoms in total. The molecule has 1 fully saturated rings. The summed E-state index contributed by atoms with van der Waals surface area (Å²) in [4.78, 5) is 17.9. The minimum absolute atomic E-state index is 0.0988. The molecule has 0 radical (unpaired) electrons. The highest BCUT2D eigenvalue weighted by Crippen LogP contribution is 2.21. The zero-order valence-corrected chi connectivity index (χ0v) is 11.5. The molecular weight excluding hydrogens is 275 g/mol. The van der Waals surface area contributed by atoms with E-state index in [9.17, 15) is 4.79 Å². The Morgan fingerprint density at radius 3 is 2.94 bits per heavy atom. The average Bonchev–Trinajstić information content (AvgIpc) is 2.38. The third kappa shape index (κ3) is 2.94. The number of nitrogens with zero attached hydrogens (tertiary/aromatic N) is 2. The number of ether oxygens (including phenoxy) is 1. The fourth-order valence-corrected chi connectivity index (χ4v) is 2.48. The lowest BCUT2D eigenvalue weighted by Gasteiger charge is -2.32. The van der Waals surface area contributed by atoms with Gasteiger partial charge in [0.15, 0.2) is 0 Å². The molecule has 0 spiro atoms. The van der Waals surface area contributed by atoms with E-state index in [-0.39, 0.29) is 22.3 Å². The van der Waals surface area contributed by atoms with Crippen LogP contribution in [0.1, 0.15) is 23.2 Å². The van der Waals surface area contributed by atoms with Gasteiger partial charge in [-0.1, -0.05) is 23.2 Å². The Hall–Kier alpha value is -0.840. The van der Waals surface area contributed by atoms with Crippen molar-refractivity contribution in [2.24, 2.45) is 0 Å². The monoisotopic (exact) mass is 288 g/mol. The van der Waals surface area contributed by atoms with Gasteiger partial charge in [0.2, 0.25) is 0 Å². The number of carbonyl (C=O) groups excluding carboxylic acids is 1. The number of methoxy groups -OCH3 is 1. The molecule has 1 aromatic heterocycles. The average molecular weight is 289 g/mol. The third-order valence-electron chi connectivity index (χ3n) is 3.04. The smallest absolute Gasteiger partial charge is 0.257 e. The molecule has 1 unspecified atom stereocenters. The first kappa shape index (κ1) is 13.6. The van der Waals surface area contributed by atoms with Gasteiger partial charge in [0.25, 0.3) is 5.91 Å². The van der Waals surface area contributed by atoms with E-state index in [1.54, 1.807) is 24.1 Å². The maximum Gasteiger partial charge on any atom is 0.257 e. The lowest BCUT2D eigenvalue weighted by atomic mass is 10.1. The molecule has 1 aliphatic rings. The molecule has 1 saturated heterocycles. The van der Waals surface area contributed by atoms with Crippen molar-refractivity contribution in [2.75, 3.05) is 20.2 Å². The number of hydrogen-bond donors (Lipinski definition) is 0.